The van der Waals surface area contributed by atoms with Crippen molar-refractivity contribution in [3.05, 3.63) is 65.7 Å². The molecule has 0 saturated heterocycles. The first-order chi connectivity index (χ1) is 13.5. The molecule has 146 valence electrons. The highest BCUT2D eigenvalue weighted by molar-refractivity contribution is 5.84. The number of aromatic nitrogens is 2. The van der Waals surface area contributed by atoms with Crippen molar-refractivity contribution in [1.29, 1.82) is 0 Å². The van der Waals surface area contributed by atoms with Gasteiger partial charge in [-0.2, -0.15) is 10.2 Å². The molecule has 1 aromatic heterocycles. The van der Waals surface area contributed by atoms with Gasteiger partial charge in [0.15, 0.2) is 0 Å². The second-order valence-electron chi connectivity index (χ2n) is 6.26. The quantitative estimate of drug-likeness (QED) is 0.625. The molecule has 0 spiro atoms. The topological polar surface area (TPSA) is 76.8 Å². The maximum absolute atomic E-state index is 11.4. The van der Waals surface area contributed by atoms with Gasteiger partial charge in [-0.1, -0.05) is 48.5 Å². The highest BCUT2D eigenvalue weighted by Gasteiger charge is 2.18. The molecule has 3 rings (SSSR count). The van der Waals surface area contributed by atoms with Gasteiger partial charge in [0.2, 0.25) is 5.88 Å². The number of anilines is 1. The molecule has 0 saturated carbocycles. The molecule has 0 radical (unpaired) electrons. The maximum atomic E-state index is 11.4. The van der Waals surface area contributed by atoms with E-state index in [2.05, 4.69) is 5.10 Å². The normalized spacial score (nSPS) is 10.7. The number of hydrogen-bond acceptors (Lipinski definition) is 4. The van der Waals surface area contributed by atoms with E-state index in [-0.39, 0.29) is 0 Å². The minimum absolute atomic E-state index is 0.378. The van der Waals surface area contributed by atoms with E-state index >= 15 is 0 Å². The van der Waals surface area contributed by atoms with E-state index in [0.29, 0.717) is 24.6 Å². The monoisotopic (exact) mass is 381 g/mol. The third-order valence-corrected chi connectivity index (χ3v) is 4.44. The Morgan fingerprint density at radius 3 is 2.50 bits per heavy atom. The Kier molecular flexibility index (Phi) is 5.96. The summed E-state index contributed by atoms with van der Waals surface area (Å²) >= 11 is 0. The Bertz CT molecular complexity index is 954. The number of hydrogen-bond donors (Lipinski definition) is 1. The van der Waals surface area contributed by atoms with Gasteiger partial charge < -0.3 is 9.84 Å². The van der Waals surface area contributed by atoms with E-state index in [1.165, 1.54) is 7.11 Å². The van der Waals surface area contributed by atoms with Gasteiger partial charge in [-0.3, -0.25) is 4.84 Å². The lowest BCUT2D eigenvalue weighted by atomic mass is 10.1. The van der Waals surface area contributed by atoms with Gasteiger partial charge in [-0.25, -0.2) is 9.48 Å². The molecule has 0 bridgehead atoms. The largest absolute Gasteiger partial charge is 0.477 e. The predicted molar refractivity (Wildman–Crippen MR) is 107 cm³/mol. The first-order valence-electron chi connectivity index (χ1n) is 8.89. The molecule has 3 aromatic rings. The number of amides is 1. The van der Waals surface area contributed by atoms with Crippen LogP contribution in [-0.2, 0) is 18.3 Å². The van der Waals surface area contributed by atoms with Crippen molar-refractivity contribution in [3.63, 3.8) is 0 Å². The van der Waals surface area contributed by atoms with Gasteiger partial charge >= 0.3 is 6.09 Å². The first-order valence-corrected chi connectivity index (χ1v) is 8.89. The maximum Gasteiger partial charge on any atom is 0.436 e. The number of ether oxygens (including phenoxy) is 1. The molecule has 7 nitrogen and oxygen atoms in total. The van der Waals surface area contributed by atoms with Gasteiger partial charge in [0.25, 0.3) is 0 Å². The predicted octanol–water partition coefficient (Wildman–Crippen LogP) is 4.06. The number of aryl methyl sites for hydroxylation is 1. The fourth-order valence-electron chi connectivity index (χ4n) is 3.14. The smallest absolute Gasteiger partial charge is 0.436 e. The van der Waals surface area contributed by atoms with E-state index < -0.39 is 6.09 Å². The molecule has 0 aliphatic heterocycles. The van der Waals surface area contributed by atoms with Crippen molar-refractivity contribution in [2.75, 3.05) is 18.8 Å². The van der Waals surface area contributed by atoms with Crippen LogP contribution in [0.2, 0.25) is 0 Å². The molecule has 1 heterocycles. The van der Waals surface area contributed by atoms with Crippen LogP contribution in [0.3, 0.4) is 0 Å². The minimum Gasteiger partial charge on any atom is -0.477 e. The third-order valence-electron chi connectivity index (χ3n) is 4.44. The summed E-state index contributed by atoms with van der Waals surface area (Å²) in [5, 5.41) is 14.7. The molecular weight excluding hydrogens is 358 g/mol. The zero-order valence-corrected chi connectivity index (χ0v) is 16.1. The number of carbonyl (C=O) groups is 1. The Hall–Kier alpha value is -3.32. The van der Waals surface area contributed by atoms with Crippen LogP contribution in [0.25, 0.3) is 11.3 Å². The molecule has 0 aliphatic rings. The Morgan fingerprint density at radius 2 is 1.82 bits per heavy atom. The van der Waals surface area contributed by atoms with Crippen molar-refractivity contribution in [2.45, 2.75) is 13.3 Å². The summed E-state index contributed by atoms with van der Waals surface area (Å²) in [7, 11) is 3.17. The van der Waals surface area contributed by atoms with E-state index in [4.69, 9.17) is 9.57 Å². The van der Waals surface area contributed by atoms with Crippen LogP contribution in [0.1, 0.15) is 11.1 Å². The van der Waals surface area contributed by atoms with Crippen molar-refractivity contribution >= 4 is 11.8 Å². The molecule has 2 aromatic carbocycles. The second kappa shape index (κ2) is 8.58. The Morgan fingerprint density at radius 1 is 1.14 bits per heavy atom. The lowest BCUT2D eigenvalue weighted by molar-refractivity contribution is 0.130. The van der Waals surface area contributed by atoms with E-state index in [9.17, 15) is 9.90 Å². The van der Waals surface area contributed by atoms with E-state index in [1.807, 2.05) is 56.4 Å². The van der Waals surface area contributed by atoms with Crippen LogP contribution in [0.4, 0.5) is 10.5 Å². The molecule has 0 atom stereocenters. The van der Waals surface area contributed by atoms with E-state index in [1.54, 1.807) is 16.8 Å². The van der Waals surface area contributed by atoms with Crippen molar-refractivity contribution < 1.29 is 19.5 Å². The fraction of sp³-hybridized carbons (Fsp3) is 0.238. The summed E-state index contributed by atoms with van der Waals surface area (Å²) in [6, 6.07) is 17.1. The van der Waals surface area contributed by atoms with Gasteiger partial charge in [0, 0.05) is 24.6 Å². The number of benzene rings is 2. The third kappa shape index (κ3) is 3.99. The Labute approximate surface area is 163 Å². The van der Waals surface area contributed by atoms with Gasteiger partial charge in [-0.15, -0.1) is 0 Å². The second-order valence-corrected chi connectivity index (χ2v) is 6.26. The average molecular weight is 381 g/mol. The summed E-state index contributed by atoms with van der Waals surface area (Å²) < 4.78 is 7.72. The highest BCUT2D eigenvalue weighted by atomic mass is 16.7. The molecule has 1 amide bonds. The summed E-state index contributed by atoms with van der Waals surface area (Å²) in [6.45, 7) is 2.36. The van der Waals surface area contributed by atoms with Crippen LogP contribution in [0, 0.1) is 6.92 Å². The standard InChI is InChI=1S/C21H23N3O4/c1-15-19(17-10-5-4-6-11-17)22-23(2)20(15)28-14-13-16-9-7-8-12-18(16)24(27-3)21(25)26/h4-12H,13-14H2,1-3H3,(H,25,26). The van der Waals surface area contributed by atoms with Crippen LogP contribution in [0.5, 0.6) is 5.88 Å². The zero-order valence-electron chi connectivity index (χ0n) is 16.1. The number of hydroxylamine groups is 1. The number of carboxylic acid groups (broad SMARTS) is 1. The number of nitrogens with zero attached hydrogens (tertiary/aromatic N) is 3. The molecular formula is C21H23N3O4. The number of para-hydroxylation sites is 1. The summed E-state index contributed by atoms with van der Waals surface area (Å²) in [4.78, 5) is 16.3. The lowest BCUT2D eigenvalue weighted by Crippen LogP contribution is -2.29. The van der Waals surface area contributed by atoms with Crippen LogP contribution >= 0.6 is 0 Å². The van der Waals surface area contributed by atoms with Crippen molar-refractivity contribution in [1.82, 2.24) is 9.78 Å². The van der Waals surface area contributed by atoms with Crippen molar-refractivity contribution in [2.24, 2.45) is 7.05 Å². The Balaban J connectivity index is 1.75. The molecule has 0 aliphatic carbocycles. The minimum atomic E-state index is -1.18. The van der Waals surface area contributed by atoms with Gasteiger partial charge in [-0.05, 0) is 18.6 Å². The highest BCUT2D eigenvalue weighted by Crippen LogP contribution is 2.29. The first kappa shape index (κ1) is 19.4. The fourth-order valence-corrected chi connectivity index (χ4v) is 3.14. The summed E-state index contributed by atoms with van der Waals surface area (Å²) in [5.41, 5.74) is 4.18. The van der Waals surface area contributed by atoms with Crippen molar-refractivity contribution in [3.8, 4) is 17.1 Å². The van der Waals surface area contributed by atoms with Crippen LogP contribution in [-0.4, -0.2) is 34.7 Å². The molecule has 1 N–H and O–H groups in total. The van der Waals surface area contributed by atoms with Gasteiger partial charge in [0.1, 0.15) is 0 Å². The van der Waals surface area contributed by atoms with Crippen LogP contribution in [0.15, 0.2) is 54.6 Å². The average Bonchev–Trinajstić information content (AvgIpc) is 2.98. The van der Waals surface area contributed by atoms with Crippen LogP contribution < -0.4 is 9.80 Å². The number of rotatable bonds is 7. The zero-order chi connectivity index (χ0) is 20.1. The summed E-state index contributed by atoms with van der Waals surface area (Å²) in [6.07, 6.45) is -0.653. The molecule has 7 heteroatoms. The molecule has 28 heavy (non-hydrogen) atoms. The molecule has 0 fully saturated rings. The SMILES string of the molecule is CON(C(=O)O)c1ccccc1CCOc1c(C)c(-c2ccccc2)nn1C. The van der Waals surface area contributed by atoms with E-state index in [0.717, 1.165) is 27.4 Å². The molecule has 0 unspecified atom stereocenters. The lowest BCUT2D eigenvalue weighted by Gasteiger charge is -2.19. The summed E-state index contributed by atoms with van der Waals surface area (Å²) in [5.74, 6) is 0.693. The van der Waals surface area contributed by atoms with Gasteiger partial charge in [0.05, 0.1) is 25.1 Å².